The molecule has 3 heteroatoms. The number of thioether (sulfide) groups is 1. The van der Waals surface area contributed by atoms with Gasteiger partial charge in [0.2, 0.25) is 0 Å². The summed E-state index contributed by atoms with van der Waals surface area (Å²) in [4.78, 5) is 3.73. The van der Waals surface area contributed by atoms with Crippen LogP contribution in [-0.4, -0.2) is 18.0 Å². The minimum atomic E-state index is 0.170. The normalized spacial score (nSPS) is 15.3. The first-order chi connectivity index (χ1) is 3.27. The molecule has 0 rings (SSSR count). The Bertz CT molecular complexity index is 60.7. The van der Waals surface area contributed by atoms with Crippen LogP contribution in [0.4, 0.5) is 0 Å². The summed E-state index contributed by atoms with van der Waals surface area (Å²) in [5, 5.41) is 0.170. The number of aliphatic imine (C=N–C) groups is 1. The van der Waals surface area contributed by atoms with Crippen LogP contribution in [0.1, 0.15) is 6.92 Å². The number of nitrogens with two attached hydrogens (primary N) is 1. The Kier molecular flexibility index (Phi) is 4.14. The van der Waals surface area contributed by atoms with Gasteiger partial charge in [-0.25, -0.2) is 0 Å². The van der Waals surface area contributed by atoms with Gasteiger partial charge in [0.25, 0.3) is 0 Å². The van der Waals surface area contributed by atoms with Gasteiger partial charge in [-0.05, 0) is 6.92 Å². The van der Waals surface area contributed by atoms with Crippen LogP contribution in [0.2, 0.25) is 0 Å². The summed E-state index contributed by atoms with van der Waals surface area (Å²) in [5.41, 5.74) is 7.09. The van der Waals surface area contributed by atoms with E-state index in [-0.39, 0.29) is 5.37 Å². The molecule has 7 heavy (non-hydrogen) atoms. The fraction of sp³-hybridized carbons (Fsp3) is 0.750. The summed E-state index contributed by atoms with van der Waals surface area (Å²) >= 11 is 1.52. The van der Waals surface area contributed by atoms with Crippen molar-refractivity contribution in [3.8, 4) is 0 Å². The fourth-order valence-electron chi connectivity index (χ4n) is 0.157. The number of hydrogen-bond acceptors (Lipinski definition) is 3. The second-order valence-corrected chi connectivity index (χ2v) is 2.43. The highest BCUT2D eigenvalue weighted by atomic mass is 32.2. The van der Waals surface area contributed by atoms with E-state index in [2.05, 4.69) is 4.99 Å². The van der Waals surface area contributed by atoms with Crippen molar-refractivity contribution in [3.05, 3.63) is 0 Å². The standard InChI is InChI=1S/C4H10N2S/c1-4(5)7-3-6-2/h3-4H,5H2,1-2H3. The van der Waals surface area contributed by atoms with E-state index in [1.165, 1.54) is 11.8 Å². The van der Waals surface area contributed by atoms with Crippen LogP contribution >= 0.6 is 11.8 Å². The van der Waals surface area contributed by atoms with Crippen molar-refractivity contribution in [3.63, 3.8) is 0 Å². The zero-order valence-electron chi connectivity index (χ0n) is 4.59. The summed E-state index contributed by atoms with van der Waals surface area (Å²) in [7, 11) is 1.73. The summed E-state index contributed by atoms with van der Waals surface area (Å²) in [6.07, 6.45) is 0. The Balaban J connectivity index is 2.97. The third kappa shape index (κ3) is 5.98. The summed E-state index contributed by atoms with van der Waals surface area (Å²) in [6.45, 7) is 1.92. The molecule has 0 fully saturated rings. The minimum absolute atomic E-state index is 0.170. The quantitative estimate of drug-likeness (QED) is 0.329. The molecule has 0 radical (unpaired) electrons. The highest BCUT2D eigenvalue weighted by Gasteiger charge is 1.84. The first-order valence-corrected chi connectivity index (χ1v) is 3.03. The van der Waals surface area contributed by atoms with Crippen LogP contribution in [0.5, 0.6) is 0 Å². The molecule has 0 aromatic rings. The maximum atomic E-state index is 5.35. The molecule has 0 saturated heterocycles. The molecule has 0 heterocycles. The van der Waals surface area contributed by atoms with E-state index in [1.807, 2.05) is 6.92 Å². The van der Waals surface area contributed by atoms with Crippen molar-refractivity contribution in [2.24, 2.45) is 10.7 Å². The lowest BCUT2D eigenvalue weighted by molar-refractivity contribution is 1.05. The van der Waals surface area contributed by atoms with Crippen LogP contribution in [0.15, 0.2) is 4.99 Å². The predicted octanol–water partition coefficient (Wildman–Crippen LogP) is 0.682. The van der Waals surface area contributed by atoms with Gasteiger partial charge in [0.05, 0.1) is 10.9 Å². The van der Waals surface area contributed by atoms with Gasteiger partial charge in [0, 0.05) is 7.05 Å². The molecule has 1 atom stereocenters. The Morgan fingerprint density at radius 3 is 2.57 bits per heavy atom. The number of rotatable bonds is 2. The third-order valence-corrected chi connectivity index (χ3v) is 1.14. The Morgan fingerprint density at radius 1 is 1.86 bits per heavy atom. The zero-order valence-corrected chi connectivity index (χ0v) is 5.40. The molecule has 0 saturated carbocycles. The van der Waals surface area contributed by atoms with Crippen molar-refractivity contribution in [1.29, 1.82) is 0 Å². The highest BCUT2D eigenvalue weighted by molar-refractivity contribution is 8.12. The third-order valence-electron chi connectivity index (χ3n) is 0.381. The lowest BCUT2D eigenvalue weighted by Crippen LogP contribution is -2.08. The van der Waals surface area contributed by atoms with Crippen molar-refractivity contribution in [2.75, 3.05) is 7.05 Å². The average Bonchev–Trinajstić information content (AvgIpc) is 1.61. The van der Waals surface area contributed by atoms with Gasteiger partial charge in [-0.2, -0.15) is 0 Å². The van der Waals surface area contributed by atoms with Crippen LogP contribution < -0.4 is 5.73 Å². The first kappa shape index (κ1) is 6.98. The van der Waals surface area contributed by atoms with Crippen molar-refractivity contribution >= 4 is 17.3 Å². The molecule has 0 aliphatic heterocycles. The molecule has 42 valence electrons. The predicted molar refractivity (Wildman–Crippen MR) is 35.7 cm³/mol. The van der Waals surface area contributed by atoms with Gasteiger partial charge in [-0.3, -0.25) is 4.99 Å². The molecule has 0 aliphatic carbocycles. The van der Waals surface area contributed by atoms with Crippen LogP contribution in [0.3, 0.4) is 0 Å². The average molecular weight is 118 g/mol. The SMILES string of the molecule is CN=CSC(C)N. The van der Waals surface area contributed by atoms with Crippen LogP contribution in [0, 0.1) is 0 Å². The van der Waals surface area contributed by atoms with Gasteiger partial charge >= 0.3 is 0 Å². The molecule has 0 spiro atoms. The molecular formula is C4H10N2S. The molecule has 0 aromatic carbocycles. The smallest absolute Gasteiger partial charge is 0.0552 e. The largest absolute Gasteiger partial charge is 0.319 e. The van der Waals surface area contributed by atoms with E-state index in [4.69, 9.17) is 5.73 Å². The molecule has 1 unspecified atom stereocenters. The van der Waals surface area contributed by atoms with E-state index in [9.17, 15) is 0 Å². The topological polar surface area (TPSA) is 38.4 Å². The summed E-state index contributed by atoms with van der Waals surface area (Å²) in [5.74, 6) is 0. The Labute approximate surface area is 48.2 Å². The highest BCUT2D eigenvalue weighted by Crippen LogP contribution is 1.97. The van der Waals surface area contributed by atoms with Crippen molar-refractivity contribution < 1.29 is 0 Å². The molecule has 0 aromatic heterocycles. The zero-order chi connectivity index (χ0) is 5.70. The molecule has 0 aliphatic rings. The summed E-state index contributed by atoms with van der Waals surface area (Å²) < 4.78 is 0. The van der Waals surface area contributed by atoms with E-state index in [0.717, 1.165) is 0 Å². The first-order valence-electron chi connectivity index (χ1n) is 2.09. The van der Waals surface area contributed by atoms with Gasteiger partial charge in [0.1, 0.15) is 0 Å². The van der Waals surface area contributed by atoms with Crippen molar-refractivity contribution in [2.45, 2.75) is 12.3 Å². The van der Waals surface area contributed by atoms with Crippen LogP contribution in [0.25, 0.3) is 0 Å². The van der Waals surface area contributed by atoms with E-state index in [1.54, 1.807) is 12.6 Å². The Hall–Kier alpha value is -0.0200. The van der Waals surface area contributed by atoms with Gasteiger partial charge in [0.15, 0.2) is 0 Å². The second kappa shape index (κ2) is 4.15. The molecule has 0 amide bonds. The van der Waals surface area contributed by atoms with Crippen LogP contribution in [-0.2, 0) is 0 Å². The second-order valence-electron chi connectivity index (χ2n) is 1.20. The maximum Gasteiger partial charge on any atom is 0.0552 e. The minimum Gasteiger partial charge on any atom is -0.319 e. The lowest BCUT2D eigenvalue weighted by atomic mass is 10.8. The maximum absolute atomic E-state index is 5.35. The van der Waals surface area contributed by atoms with E-state index >= 15 is 0 Å². The number of nitrogens with zero attached hydrogens (tertiary/aromatic N) is 1. The molecule has 2 nitrogen and oxygen atoms in total. The summed E-state index contributed by atoms with van der Waals surface area (Å²) in [6, 6.07) is 0. The molecule has 0 bridgehead atoms. The number of hydrogen-bond donors (Lipinski definition) is 1. The van der Waals surface area contributed by atoms with E-state index < -0.39 is 0 Å². The van der Waals surface area contributed by atoms with E-state index in [0.29, 0.717) is 0 Å². The fourth-order valence-corrected chi connectivity index (χ4v) is 0.471. The Morgan fingerprint density at radius 2 is 2.43 bits per heavy atom. The van der Waals surface area contributed by atoms with Gasteiger partial charge in [-0.1, -0.05) is 11.8 Å². The molecule has 2 N–H and O–H groups in total. The van der Waals surface area contributed by atoms with Gasteiger partial charge < -0.3 is 5.73 Å². The van der Waals surface area contributed by atoms with Gasteiger partial charge in [-0.15, -0.1) is 0 Å². The van der Waals surface area contributed by atoms with Crippen molar-refractivity contribution in [1.82, 2.24) is 0 Å². The molecular weight excluding hydrogens is 108 g/mol. The lowest BCUT2D eigenvalue weighted by Gasteiger charge is -1.93. The monoisotopic (exact) mass is 118 g/mol.